The van der Waals surface area contributed by atoms with Gasteiger partial charge in [0.05, 0.1) is 5.92 Å². The lowest BCUT2D eigenvalue weighted by Crippen LogP contribution is -2.58. The summed E-state index contributed by atoms with van der Waals surface area (Å²) in [4.78, 5) is 27.8. The minimum absolute atomic E-state index is 0.000687. The highest BCUT2D eigenvalue weighted by Crippen LogP contribution is 2.36. The first-order valence-electron chi connectivity index (χ1n) is 10.6. The van der Waals surface area contributed by atoms with Crippen molar-refractivity contribution in [2.45, 2.75) is 69.2 Å². The zero-order valence-corrected chi connectivity index (χ0v) is 16.1. The van der Waals surface area contributed by atoms with Crippen LogP contribution in [0.3, 0.4) is 0 Å². The fourth-order valence-electron chi connectivity index (χ4n) is 5.20. The van der Waals surface area contributed by atoms with Crippen LogP contribution in [0.25, 0.3) is 0 Å². The molecule has 146 valence electrons. The Balaban J connectivity index is 1.48. The molecular formula is C22H31N3O2. The van der Waals surface area contributed by atoms with Crippen LogP contribution in [0.15, 0.2) is 24.3 Å². The van der Waals surface area contributed by atoms with Crippen molar-refractivity contribution >= 4 is 17.5 Å². The Bertz CT molecular complexity index is 691. The number of likely N-dealkylation sites (tertiary alicyclic amines) is 1. The molecule has 2 fully saturated rings. The number of piperidine rings is 1. The van der Waals surface area contributed by atoms with E-state index in [1.165, 1.54) is 51.4 Å². The molecule has 1 aromatic carbocycles. The van der Waals surface area contributed by atoms with Crippen molar-refractivity contribution in [3.05, 3.63) is 29.8 Å². The number of anilines is 1. The average Bonchev–Trinajstić information content (AvgIpc) is 2.72. The van der Waals surface area contributed by atoms with Gasteiger partial charge in [0.1, 0.15) is 0 Å². The highest BCUT2D eigenvalue weighted by atomic mass is 16.2. The zero-order chi connectivity index (χ0) is 18.7. The molecule has 2 N–H and O–H groups in total. The van der Waals surface area contributed by atoms with Gasteiger partial charge in [-0.15, -0.1) is 0 Å². The fraction of sp³-hybridized carbons (Fsp3) is 0.636. The SMILES string of the molecule is O=C1CC(C(=O)NCC2(N3CCCCC3)CCCCC2)c2ccccc2N1. The average molecular weight is 370 g/mol. The molecule has 1 saturated heterocycles. The topological polar surface area (TPSA) is 61.4 Å². The highest BCUT2D eigenvalue weighted by Gasteiger charge is 2.39. The number of benzene rings is 1. The molecule has 4 rings (SSSR count). The monoisotopic (exact) mass is 369 g/mol. The van der Waals surface area contributed by atoms with Gasteiger partial charge < -0.3 is 10.6 Å². The normalized spacial score (nSPS) is 25.3. The van der Waals surface area contributed by atoms with Crippen molar-refractivity contribution in [3.63, 3.8) is 0 Å². The molecule has 0 radical (unpaired) electrons. The van der Waals surface area contributed by atoms with Gasteiger partial charge in [0.2, 0.25) is 11.8 Å². The number of rotatable bonds is 4. The largest absolute Gasteiger partial charge is 0.354 e. The van der Waals surface area contributed by atoms with Gasteiger partial charge in [0.15, 0.2) is 0 Å². The number of amides is 2. The van der Waals surface area contributed by atoms with E-state index in [4.69, 9.17) is 0 Å². The van der Waals surface area contributed by atoms with E-state index in [9.17, 15) is 9.59 Å². The third-order valence-electron chi connectivity index (χ3n) is 6.72. The number of nitrogens with one attached hydrogen (secondary N) is 2. The lowest BCUT2D eigenvalue weighted by molar-refractivity contribution is -0.127. The Hall–Kier alpha value is -1.88. The maximum Gasteiger partial charge on any atom is 0.228 e. The predicted octanol–water partition coefficient (Wildman–Crippen LogP) is 3.42. The maximum absolute atomic E-state index is 13.1. The number of carbonyl (C=O) groups is 2. The van der Waals surface area contributed by atoms with Crippen LogP contribution in [0.4, 0.5) is 5.69 Å². The smallest absolute Gasteiger partial charge is 0.228 e. The van der Waals surface area contributed by atoms with Crippen LogP contribution >= 0.6 is 0 Å². The molecule has 1 aromatic rings. The van der Waals surface area contributed by atoms with E-state index in [1.807, 2.05) is 24.3 Å². The first kappa shape index (κ1) is 18.5. The standard InChI is InChI=1S/C22H31N3O2/c26-20-15-18(17-9-3-4-10-19(17)24-20)21(27)23-16-22(11-5-1-6-12-22)25-13-7-2-8-14-25/h3-4,9-10,18H,1-2,5-8,11-16H2,(H,23,27)(H,24,26). The number of carbonyl (C=O) groups excluding carboxylic acids is 2. The molecule has 27 heavy (non-hydrogen) atoms. The molecule has 5 heteroatoms. The van der Waals surface area contributed by atoms with Crippen LogP contribution in [0, 0.1) is 0 Å². The van der Waals surface area contributed by atoms with Crippen molar-refractivity contribution in [1.29, 1.82) is 0 Å². The van der Waals surface area contributed by atoms with E-state index in [-0.39, 0.29) is 29.7 Å². The fourth-order valence-corrected chi connectivity index (χ4v) is 5.20. The molecule has 1 unspecified atom stereocenters. The van der Waals surface area contributed by atoms with Gasteiger partial charge in [-0.2, -0.15) is 0 Å². The van der Waals surface area contributed by atoms with Crippen LogP contribution in [-0.2, 0) is 9.59 Å². The van der Waals surface area contributed by atoms with E-state index >= 15 is 0 Å². The Morgan fingerprint density at radius 3 is 2.56 bits per heavy atom. The second kappa shape index (κ2) is 8.01. The number of hydrogen-bond donors (Lipinski definition) is 2. The van der Waals surface area contributed by atoms with Gasteiger partial charge in [0, 0.05) is 24.2 Å². The van der Waals surface area contributed by atoms with Crippen LogP contribution in [0.2, 0.25) is 0 Å². The van der Waals surface area contributed by atoms with Crippen LogP contribution < -0.4 is 10.6 Å². The van der Waals surface area contributed by atoms with E-state index in [0.29, 0.717) is 6.54 Å². The minimum Gasteiger partial charge on any atom is -0.354 e. The third kappa shape index (κ3) is 3.88. The van der Waals surface area contributed by atoms with Crippen LogP contribution in [-0.4, -0.2) is 41.9 Å². The quantitative estimate of drug-likeness (QED) is 0.855. The summed E-state index contributed by atoms with van der Waals surface area (Å²) in [6.07, 6.45) is 10.3. The Morgan fingerprint density at radius 2 is 1.78 bits per heavy atom. The molecule has 0 aromatic heterocycles. The van der Waals surface area contributed by atoms with Crippen molar-refractivity contribution in [3.8, 4) is 0 Å². The second-order valence-electron chi connectivity index (χ2n) is 8.44. The predicted molar refractivity (Wildman–Crippen MR) is 107 cm³/mol. The summed E-state index contributed by atoms with van der Waals surface area (Å²) >= 11 is 0. The summed E-state index contributed by atoms with van der Waals surface area (Å²) in [5, 5.41) is 6.14. The molecule has 2 aliphatic heterocycles. The molecule has 1 aliphatic carbocycles. The first-order valence-corrected chi connectivity index (χ1v) is 10.6. The Labute approximate surface area is 161 Å². The van der Waals surface area contributed by atoms with Crippen molar-refractivity contribution in [2.75, 3.05) is 25.0 Å². The number of nitrogens with zero attached hydrogens (tertiary/aromatic N) is 1. The minimum atomic E-state index is -0.378. The summed E-state index contributed by atoms with van der Waals surface area (Å²) in [7, 11) is 0. The number of fused-ring (bicyclic) bond motifs is 1. The van der Waals surface area contributed by atoms with Gasteiger partial charge in [-0.05, 0) is 50.4 Å². The summed E-state index contributed by atoms with van der Waals surface area (Å²) in [6, 6.07) is 7.67. The van der Waals surface area contributed by atoms with Gasteiger partial charge >= 0.3 is 0 Å². The molecule has 0 bridgehead atoms. The second-order valence-corrected chi connectivity index (χ2v) is 8.44. The molecule has 1 atom stereocenters. The van der Waals surface area contributed by atoms with Gasteiger partial charge in [-0.25, -0.2) is 0 Å². The zero-order valence-electron chi connectivity index (χ0n) is 16.1. The van der Waals surface area contributed by atoms with Gasteiger partial charge in [0.25, 0.3) is 0 Å². The first-order chi connectivity index (χ1) is 13.2. The molecule has 1 saturated carbocycles. The molecule has 2 heterocycles. The van der Waals surface area contributed by atoms with E-state index in [1.54, 1.807) is 0 Å². The summed E-state index contributed by atoms with van der Waals surface area (Å²) < 4.78 is 0. The molecule has 0 spiro atoms. The summed E-state index contributed by atoms with van der Waals surface area (Å²) in [5.41, 5.74) is 1.83. The third-order valence-corrected chi connectivity index (χ3v) is 6.72. The van der Waals surface area contributed by atoms with E-state index < -0.39 is 0 Å². The summed E-state index contributed by atoms with van der Waals surface area (Å²) in [6.45, 7) is 3.03. The van der Waals surface area contributed by atoms with Crippen molar-refractivity contribution in [2.24, 2.45) is 0 Å². The Kier molecular flexibility index (Phi) is 5.48. The lowest BCUT2D eigenvalue weighted by Gasteiger charge is -2.48. The molecule has 2 amide bonds. The highest BCUT2D eigenvalue weighted by molar-refractivity contribution is 6.01. The maximum atomic E-state index is 13.1. The number of para-hydroxylation sites is 1. The lowest BCUT2D eigenvalue weighted by atomic mass is 9.79. The Morgan fingerprint density at radius 1 is 1.07 bits per heavy atom. The van der Waals surface area contributed by atoms with E-state index in [0.717, 1.165) is 24.3 Å². The molecular weight excluding hydrogens is 338 g/mol. The van der Waals surface area contributed by atoms with Crippen molar-refractivity contribution < 1.29 is 9.59 Å². The van der Waals surface area contributed by atoms with Crippen LogP contribution in [0.1, 0.15) is 69.3 Å². The summed E-state index contributed by atoms with van der Waals surface area (Å²) in [5.74, 6) is -0.450. The number of hydrogen-bond acceptors (Lipinski definition) is 3. The van der Waals surface area contributed by atoms with E-state index in [2.05, 4.69) is 15.5 Å². The van der Waals surface area contributed by atoms with Gasteiger partial charge in [-0.3, -0.25) is 14.5 Å². The molecule has 3 aliphatic rings. The van der Waals surface area contributed by atoms with Crippen molar-refractivity contribution in [1.82, 2.24) is 10.2 Å². The molecule has 5 nitrogen and oxygen atoms in total. The van der Waals surface area contributed by atoms with Gasteiger partial charge in [-0.1, -0.05) is 43.9 Å². The van der Waals surface area contributed by atoms with Crippen LogP contribution in [0.5, 0.6) is 0 Å².